The van der Waals surface area contributed by atoms with Crippen molar-refractivity contribution in [2.45, 2.75) is 12.3 Å². The first-order chi connectivity index (χ1) is 8.69. The Bertz CT molecular complexity index is 491. The van der Waals surface area contributed by atoms with Gasteiger partial charge in [-0.25, -0.2) is 0 Å². The number of hydrogen-bond acceptors (Lipinski definition) is 2. The molecule has 2 aromatic rings. The van der Waals surface area contributed by atoms with Gasteiger partial charge >= 0.3 is 0 Å². The average Bonchev–Trinajstić information content (AvgIpc) is 2.39. The molecule has 0 fully saturated rings. The van der Waals surface area contributed by atoms with Crippen LogP contribution in [-0.4, -0.2) is 6.54 Å². The molecule has 1 unspecified atom stereocenters. The summed E-state index contributed by atoms with van der Waals surface area (Å²) in [5.74, 6) is 0.311. The van der Waals surface area contributed by atoms with Crippen molar-refractivity contribution >= 4 is 17.3 Å². The van der Waals surface area contributed by atoms with Crippen LogP contribution in [0, 0.1) is 0 Å². The predicted molar refractivity (Wildman–Crippen MR) is 77.8 cm³/mol. The number of nitrogen functional groups attached to an aromatic ring is 1. The molecule has 0 aliphatic rings. The predicted octanol–water partition coefficient (Wildman–Crippen LogP) is 3.21. The Labute approximate surface area is 113 Å². The van der Waals surface area contributed by atoms with Gasteiger partial charge in [0.15, 0.2) is 0 Å². The molecule has 0 saturated heterocycles. The fourth-order valence-electron chi connectivity index (χ4n) is 2.01. The lowest BCUT2D eigenvalue weighted by molar-refractivity contribution is 0.694. The van der Waals surface area contributed by atoms with Crippen LogP contribution < -0.4 is 11.5 Å². The van der Waals surface area contributed by atoms with E-state index in [0.717, 1.165) is 17.1 Å². The van der Waals surface area contributed by atoms with Crippen LogP contribution in [0.15, 0.2) is 48.5 Å². The third-order valence-corrected chi connectivity index (χ3v) is 3.34. The second-order valence-corrected chi connectivity index (χ2v) is 4.87. The van der Waals surface area contributed by atoms with Crippen molar-refractivity contribution < 1.29 is 0 Å². The van der Waals surface area contributed by atoms with E-state index in [1.54, 1.807) is 0 Å². The Balaban J connectivity index is 2.14. The molecule has 4 N–H and O–H groups in total. The van der Waals surface area contributed by atoms with Gasteiger partial charge in [-0.1, -0.05) is 35.9 Å². The Hall–Kier alpha value is -1.51. The van der Waals surface area contributed by atoms with Crippen molar-refractivity contribution in [3.05, 3.63) is 64.7 Å². The number of nitrogens with two attached hydrogens (primary N) is 2. The van der Waals surface area contributed by atoms with Crippen molar-refractivity contribution in [2.75, 3.05) is 12.3 Å². The van der Waals surface area contributed by atoms with Gasteiger partial charge in [0.1, 0.15) is 0 Å². The van der Waals surface area contributed by atoms with Crippen LogP contribution in [0.5, 0.6) is 0 Å². The number of hydrogen-bond donors (Lipinski definition) is 2. The number of anilines is 1. The lowest BCUT2D eigenvalue weighted by Crippen LogP contribution is -2.15. The molecule has 0 radical (unpaired) electrons. The van der Waals surface area contributed by atoms with E-state index in [2.05, 4.69) is 0 Å². The molecule has 18 heavy (non-hydrogen) atoms. The number of rotatable bonds is 4. The summed E-state index contributed by atoms with van der Waals surface area (Å²) in [6.45, 7) is 0.617. The lowest BCUT2D eigenvalue weighted by atomic mass is 9.92. The summed E-state index contributed by atoms with van der Waals surface area (Å²) in [6.07, 6.45) is 0.915. The van der Waals surface area contributed by atoms with Gasteiger partial charge in [0.2, 0.25) is 0 Å². The molecule has 2 aromatic carbocycles. The van der Waals surface area contributed by atoms with Gasteiger partial charge in [0, 0.05) is 16.6 Å². The summed E-state index contributed by atoms with van der Waals surface area (Å²) in [5, 5.41) is 0.752. The standard InChI is InChI=1S/C15H17ClN2/c16-14-5-3-12(4-6-14)13(10-17)9-11-1-7-15(18)8-2-11/h1-8,13H,9-10,17-18H2. The molecule has 2 rings (SSSR count). The molecule has 0 saturated carbocycles. The first-order valence-corrected chi connectivity index (χ1v) is 6.37. The molecular weight excluding hydrogens is 244 g/mol. The lowest BCUT2D eigenvalue weighted by Gasteiger charge is -2.15. The van der Waals surface area contributed by atoms with E-state index in [9.17, 15) is 0 Å². The average molecular weight is 261 g/mol. The first kappa shape index (κ1) is 12.9. The maximum atomic E-state index is 5.89. The van der Waals surface area contributed by atoms with E-state index >= 15 is 0 Å². The SMILES string of the molecule is NCC(Cc1ccc(N)cc1)c1ccc(Cl)cc1. The van der Waals surface area contributed by atoms with Crippen molar-refractivity contribution in [3.63, 3.8) is 0 Å². The van der Waals surface area contributed by atoms with Crippen LogP contribution in [0.2, 0.25) is 5.02 Å². The minimum atomic E-state index is 0.311. The Morgan fingerprint density at radius 3 is 2.11 bits per heavy atom. The molecule has 3 heteroatoms. The molecule has 0 aromatic heterocycles. The van der Waals surface area contributed by atoms with Crippen molar-refractivity contribution in [1.82, 2.24) is 0 Å². The monoisotopic (exact) mass is 260 g/mol. The highest BCUT2D eigenvalue weighted by Crippen LogP contribution is 2.22. The van der Waals surface area contributed by atoms with Gasteiger partial charge in [-0.2, -0.15) is 0 Å². The molecule has 0 aliphatic heterocycles. The fraction of sp³-hybridized carbons (Fsp3) is 0.200. The normalized spacial score (nSPS) is 12.3. The van der Waals surface area contributed by atoms with Gasteiger partial charge in [-0.15, -0.1) is 0 Å². The quantitative estimate of drug-likeness (QED) is 0.830. The van der Waals surface area contributed by atoms with E-state index in [-0.39, 0.29) is 0 Å². The van der Waals surface area contributed by atoms with E-state index < -0.39 is 0 Å². The molecule has 0 bridgehead atoms. The molecule has 0 aliphatic carbocycles. The molecule has 94 valence electrons. The number of benzene rings is 2. The zero-order chi connectivity index (χ0) is 13.0. The van der Waals surface area contributed by atoms with Crippen LogP contribution in [0.3, 0.4) is 0 Å². The maximum Gasteiger partial charge on any atom is 0.0406 e. The third kappa shape index (κ3) is 3.25. The van der Waals surface area contributed by atoms with Crippen LogP contribution in [-0.2, 0) is 6.42 Å². The van der Waals surface area contributed by atoms with Crippen LogP contribution in [0.25, 0.3) is 0 Å². The van der Waals surface area contributed by atoms with Crippen molar-refractivity contribution in [3.8, 4) is 0 Å². The van der Waals surface area contributed by atoms with E-state index in [0.29, 0.717) is 12.5 Å². The fourth-order valence-corrected chi connectivity index (χ4v) is 2.14. The summed E-state index contributed by atoms with van der Waals surface area (Å²) >= 11 is 5.89. The molecule has 1 atom stereocenters. The number of halogens is 1. The van der Waals surface area contributed by atoms with Gasteiger partial charge in [0.05, 0.1) is 0 Å². The Morgan fingerprint density at radius 2 is 1.56 bits per heavy atom. The highest BCUT2D eigenvalue weighted by molar-refractivity contribution is 6.30. The zero-order valence-corrected chi connectivity index (χ0v) is 10.9. The summed E-state index contributed by atoms with van der Waals surface area (Å²) < 4.78 is 0. The second kappa shape index (κ2) is 5.89. The van der Waals surface area contributed by atoms with Crippen LogP contribution in [0.1, 0.15) is 17.0 Å². The van der Waals surface area contributed by atoms with Gasteiger partial charge < -0.3 is 11.5 Å². The van der Waals surface area contributed by atoms with Gasteiger partial charge in [-0.05, 0) is 48.4 Å². The summed E-state index contributed by atoms with van der Waals surface area (Å²) in [7, 11) is 0. The summed E-state index contributed by atoms with van der Waals surface area (Å²) in [6, 6.07) is 15.8. The second-order valence-electron chi connectivity index (χ2n) is 4.43. The zero-order valence-electron chi connectivity index (χ0n) is 10.1. The molecule has 0 spiro atoms. The van der Waals surface area contributed by atoms with Crippen molar-refractivity contribution in [1.29, 1.82) is 0 Å². The first-order valence-electron chi connectivity index (χ1n) is 5.99. The highest BCUT2D eigenvalue weighted by atomic mass is 35.5. The summed E-state index contributed by atoms with van der Waals surface area (Å²) in [5.41, 5.74) is 14.8. The Kier molecular flexibility index (Phi) is 4.24. The van der Waals surface area contributed by atoms with Crippen LogP contribution >= 0.6 is 11.6 Å². The van der Waals surface area contributed by atoms with Crippen molar-refractivity contribution in [2.24, 2.45) is 5.73 Å². The topological polar surface area (TPSA) is 52.0 Å². The molecule has 2 nitrogen and oxygen atoms in total. The Morgan fingerprint density at radius 1 is 0.944 bits per heavy atom. The molecule has 0 heterocycles. The molecule has 0 amide bonds. The smallest absolute Gasteiger partial charge is 0.0406 e. The van der Waals surface area contributed by atoms with Crippen LogP contribution in [0.4, 0.5) is 5.69 Å². The summed E-state index contributed by atoms with van der Waals surface area (Å²) in [4.78, 5) is 0. The minimum Gasteiger partial charge on any atom is -0.399 e. The maximum absolute atomic E-state index is 5.89. The molecular formula is C15H17ClN2. The van der Waals surface area contributed by atoms with Gasteiger partial charge in [-0.3, -0.25) is 0 Å². The minimum absolute atomic E-state index is 0.311. The van der Waals surface area contributed by atoms with Gasteiger partial charge in [0.25, 0.3) is 0 Å². The van der Waals surface area contributed by atoms with E-state index in [1.807, 2.05) is 48.5 Å². The van der Waals surface area contributed by atoms with E-state index in [1.165, 1.54) is 11.1 Å². The van der Waals surface area contributed by atoms with E-state index in [4.69, 9.17) is 23.1 Å². The third-order valence-electron chi connectivity index (χ3n) is 3.09. The highest BCUT2D eigenvalue weighted by Gasteiger charge is 2.10. The largest absolute Gasteiger partial charge is 0.399 e.